The van der Waals surface area contributed by atoms with Crippen LogP contribution < -0.4 is 10.6 Å². The molecule has 1 aliphatic heterocycles. The van der Waals surface area contributed by atoms with Crippen LogP contribution in [0.4, 0.5) is 0 Å². The summed E-state index contributed by atoms with van der Waals surface area (Å²) in [5.41, 5.74) is 0. The maximum Gasteiger partial charge on any atom is 0.225 e. The van der Waals surface area contributed by atoms with Gasteiger partial charge in [0.25, 0.3) is 0 Å². The molecule has 0 spiro atoms. The number of hydrogen-bond acceptors (Lipinski definition) is 5. The highest BCUT2D eigenvalue weighted by Gasteiger charge is 2.26. The summed E-state index contributed by atoms with van der Waals surface area (Å²) < 4.78 is 1.97. The quantitative estimate of drug-likeness (QED) is 0.332. The zero-order valence-electron chi connectivity index (χ0n) is 19.3. The summed E-state index contributed by atoms with van der Waals surface area (Å²) >= 11 is 1.85. The minimum atomic E-state index is 0.166. The molecule has 0 atom stereocenters. The Kier molecular flexibility index (Phi) is 10.5. The fraction of sp³-hybridized carbons (Fsp3) is 0.810. The molecule has 1 fully saturated rings. The van der Waals surface area contributed by atoms with Crippen LogP contribution in [0.3, 0.4) is 0 Å². The largest absolute Gasteiger partial charge is 0.356 e. The Hall–Kier alpha value is -1.77. The van der Waals surface area contributed by atoms with Gasteiger partial charge >= 0.3 is 0 Å². The Morgan fingerprint density at radius 2 is 1.97 bits per heavy atom. The molecule has 1 aromatic heterocycles. The van der Waals surface area contributed by atoms with Gasteiger partial charge < -0.3 is 20.1 Å². The zero-order chi connectivity index (χ0) is 21.9. The van der Waals surface area contributed by atoms with E-state index in [1.54, 1.807) is 0 Å². The molecular weight excluding hydrogens is 398 g/mol. The Bertz CT molecular complexity index is 679. The molecule has 0 radical (unpaired) electrons. The molecule has 30 heavy (non-hydrogen) atoms. The average molecular weight is 438 g/mol. The maximum absolute atomic E-state index is 12.6. The molecule has 1 saturated heterocycles. The number of nitrogens with zero attached hydrogens (tertiary/aromatic N) is 5. The van der Waals surface area contributed by atoms with Crippen molar-refractivity contribution in [2.75, 3.05) is 31.6 Å². The normalized spacial score (nSPS) is 15.7. The summed E-state index contributed by atoms with van der Waals surface area (Å²) in [6.45, 7) is 9.15. The topological polar surface area (TPSA) is 87.4 Å². The van der Waals surface area contributed by atoms with Crippen LogP contribution in [0.1, 0.15) is 57.6 Å². The van der Waals surface area contributed by atoms with E-state index in [2.05, 4.69) is 40.9 Å². The van der Waals surface area contributed by atoms with Crippen molar-refractivity contribution in [1.29, 1.82) is 0 Å². The van der Waals surface area contributed by atoms with E-state index in [-0.39, 0.29) is 5.92 Å². The smallest absolute Gasteiger partial charge is 0.225 e. The number of likely N-dealkylation sites (tertiary alicyclic amines) is 1. The van der Waals surface area contributed by atoms with E-state index < -0.39 is 0 Å². The number of hydrogen-bond donors (Lipinski definition) is 2. The molecule has 0 bridgehead atoms. The number of thioether (sulfide) groups is 1. The van der Waals surface area contributed by atoms with Gasteiger partial charge in [0.15, 0.2) is 11.8 Å². The number of nitrogens with one attached hydrogen (secondary N) is 2. The number of aromatic nitrogens is 3. The molecule has 1 aromatic rings. The van der Waals surface area contributed by atoms with Crippen molar-refractivity contribution in [1.82, 2.24) is 30.3 Å². The van der Waals surface area contributed by atoms with Crippen molar-refractivity contribution in [2.24, 2.45) is 18.0 Å². The molecule has 9 heteroatoms. The van der Waals surface area contributed by atoms with Crippen LogP contribution in [-0.4, -0.2) is 69.2 Å². The van der Waals surface area contributed by atoms with Gasteiger partial charge in [-0.15, -0.1) is 10.2 Å². The molecule has 2 N–H and O–H groups in total. The van der Waals surface area contributed by atoms with Crippen molar-refractivity contribution in [2.45, 2.75) is 65.5 Å². The van der Waals surface area contributed by atoms with Crippen LogP contribution in [0.2, 0.25) is 0 Å². The Morgan fingerprint density at radius 1 is 1.27 bits per heavy atom. The predicted molar refractivity (Wildman–Crippen MR) is 125 cm³/mol. The Balaban J connectivity index is 1.92. The molecule has 1 amide bonds. The van der Waals surface area contributed by atoms with E-state index in [1.165, 1.54) is 0 Å². The van der Waals surface area contributed by atoms with E-state index in [0.717, 1.165) is 75.1 Å². The minimum Gasteiger partial charge on any atom is -0.356 e. The van der Waals surface area contributed by atoms with Gasteiger partial charge in [0.05, 0.1) is 0 Å². The highest BCUT2D eigenvalue weighted by atomic mass is 32.2. The predicted octanol–water partition coefficient (Wildman–Crippen LogP) is 2.34. The second-order valence-electron chi connectivity index (χ2n) is 7.92. The molecule has 170 valence electrons. The molecule has 0 aromatic carbocycles. The van der Waals surface area contributed by atoms with Crippen molar-refractivity contribution < 1.29 is 4.79 Å². The summed E-state index contributed by atoms with van der Waals surface area (Å²) in [5.74, 6) is 4.17. The van der Waals surface area contributed by atoms with E-state index >= 15 is 0 Å². The third kappa shape index (κ3) is 7.18. The van der Waals surface area contributed by atoms with Crippen molar-refractivity contribution in [3.8, 4) is 0 Å². The van der Waals surface area contributed by atoms with Gasteiger partial charge in [0.2, 0.25) is 5.91 Å². The van der Waals surface area contributed by atoms with E-state index in [0.29, 0.717) is 18.5 Å². The molecule has 1 aliphatic rings. The number of amides is 1. The number of piperidine rings is 1. The van der Waals surface area contributed by atoms with Crippen LogP contribution in [0.5, 0.6) is 0 Å². The van der Waals surface area contributed by atoms with Crippen molar-refractivity contribution in [3.05, 3.63) is 11.6 Å². The lowest BCUT2D eigenvalue weighted by Crippen LogP contribution is -2.50. The highest BCUT2D eigenvalue weighted by molar-refractivity contribution is 7.98. The second kappa shape index (κ2) is 12.8. The first-order chi connectivity index (χ1) is 14.5. The summed E-state index contributed by atoms with van der Waals surface area (Å²) in [5, 5.41) is 15.4. The SMILES string of the molecule is CCC(CC)C(=O)N1CCC(NC(=NCc2nnc(C)n2C)NCCCSC)CC1. The Labute approximate surface area is 185 Å². The number of carbonyl (C=O) groups is 1. The first-order valence-electron chi connectivity index (χ1n) is 11.2. The lowest BCUT2D eigenvalue weighted by molar-refractivity contribution is -0.136. The number of aliphatic imine (C=N–C) groups is 1. The summed E-state index contributed by atoms with van der Waals surface area (Å²) in [4.78, 5) is 19.4. The van der Waals surface area contributed by atoms with Crippen LogP contribution in [0.25, 0.3) is 0 Å². The molecule has 0 saturated carbocycles. The number of carbonyl (C=O) groups excluding carboxylic acids is 1. The minimum absolute atomic E-state index is 0.166. The monoisotopic (exact) mass is 437 g/mol. The first kappa shape index (κ1) is 24.5. The van der Waals surface area contributed by atoms with Crippen LogP contribution >= 0.6 is 11.8 Å². The van der Waals surface area contributed by atoms with Crippen molar-refractivity contribution in [3.63, 3.8) is 0 Å². The zero-order valence-corrected chi connectivity index (χ0v) is 20.1. The van der Waals surface area contributed by atoms with Crippen LogP contribution in [-0.2, 0) is 18.4 Å². The lowest BCUT2D eigenvalue weighted by Gasteiger charge is -2.35. The van der Waals surface area contributed by atoms with Gasteiger partial charge in [-0.1, -0.05) is 13.8 Å². The number of aryl methyl sites for hydroxylation is 1. The van der Waals surface area contributed by atoms with E-state index in [4.69, 9.17) is 4.99 Å². The standard InChI is InChI=1S/C21H39N7OS/c1-6-17(7-2)20(29)28-12-9-18(10-13-28)24-21(22-11-8-14-30-5)23-15-19-26-25-16(3)27(19)4/h17-18H,6-15H2,1-5H3,(H2,22,23,24). The molecule has 0 unspecified atom stereocenters. The molecule has 0 aliphatic carbocycles. The summed E-state index contributed by atoms with van der Waals surface area (Å²) in [6.07, 6.45) is 6.95. The second-order valence-corrected chi connectivity index (χ2v) is 8.90. The summed E-state index contributed by atoms with van der Waals surface area (Å²) in [7, 11) is 1.96. The first-order valence-corrected chi connectivity index (χ1v) is 12.6. The number of guanidine groups is 1. The molecule has 8 nitrogen and oxygen atoms in total. The van der Waals surface area contributed by atoms with Gasteiger partial charge in [-0.2, -0.15) is 11.8 Å². The van der Waals surface area contributed by atoms with Gasteiger partial charge in [0, 0.05) is 38.6 Å². The lowest BCUT2D eigenvalue weighted by atomic mass is 9.98. The third-order valence-corrected chi connectivity index (χ3v) is 6.56. The highest BCUT2D eigenvalue weighted by Crippen LogP contribution is 2.17. The van der Waals surface area contributed by atoms with Gasteiger partial charge in [0.1, 0.15) is 12.4 Å². The number of rotatable bonds is 10. The van der Waals surface area contributed by atoms with Crippen molar-refractivity contribution >= 4 is 23.6 Å². The fourth-order valence-corrected chi connectivity index (χ4v) is 4.08. The average Bonchev–Trinajstić information content (AvgIpc) is 3.08. The van der Waals surface area contributed by atoms with E-state index in [9.17, 15) is 4.79 Å². The van der Waals surface area contributed by atoms with E-state index in [1.807, 2.05) is 35.2 Å². The van der Waals surface area contributed by atoms with Gasteiger partial charge in [-0.25, -0.2) is 4.99 Å². The van der Waals surface area contributed by atoms with Crippen LogP contribution in [0.15, 0.2) is 4.99 Å². The summed E-state index contributed by atoms with van der Waals surface area (Å²) in [6, 6.07) is 0.323. The molecule has 2 heterocycles. The van der Waals surface area contributed by atoms with Crippen LogP contribution in [0, 0.1) is 12.8 Å². The Morgan fingerprint density at radius 3 is 2.53 bits per heavy atom. The van der Waals surface area contributed by atoms with Gasteiger partial charge in [-0.05, 0) is 51.0 Å². The third-order valence-electron chi connectivity index (χ3n) is 5.86. The molecule has 2 rings (SSSR count). The fourth-order valence-electron chi connectivity index (χ4n) is 3.65. The molecular formula is C21H39N7OS. The van der Waals surface area contributed by atoms with Gasteiger partial charge in [-0.3, -0.25) is 4.79 Å². The maximum atomic E-state index is 12.6.